The van der Waals surface area contributed by atoms with Gasteiger partial charge in [0.05, 0.1) is 12.6 Å². The van der Waals surface area contributed by atoms with Crippen molar-refractivity contribution in [3.8, 4) is 0 Å². The van der Waals surface area contributed by atoms with Gasteiger partial charge in [0, 0.05) is 12.4 Å². The quantitative estimate of drug-likeness (QED) is 0.721. The standard InChI is InChI=1S/C16H18N6OS/c1-2-14-20-21-16(24-14)19-15(23)18-13(11-22-10-6-9-17-22)12-7-4-3-5-8-12/h3-10,13H,2,11H2,1H3,(H2,18,19,21,23)/t13-/m0/s1. The molecule has 3 aromatic rings. The minimum Gasteiger partial charge on any atom is -0.329 e. The molecule has 0 fully saturated rings. The average molecular weight is 342 g/mol. The van der Waals surface area contributed by atoms with E-state index < -0.39 is 0 Å². The molecule has 0 saturated heterocycles. The lowest BCUT2D eigenvalue weighted by Crippen LogP contribution is -2.34. The van der Waals surface area contributed by atoms with Gasteiger partial charge in [0.15, 0.2) is 0 Å². The van der Waals surface area contributed by atoms with E-state index in [4.69, 9.17) is 0 Å². The molecule has 0 saturated carbocycles. The second kappa shape index (κ2) is 7.69. The monoisotopic (exact) mass is 342 g/mol. The Morgan fingerprint density at radius 2 is 2.08 bits per heavy atom. The predicted molar refractivity (Wildman–Crippen MR) is 92.9 cm³/mol. The van der Waals surface area contributed by atoms with Crippen LogP contribution in [0.4, 0.5) is 9.93 Å². The Hall–Kier alpha value is -2.74. The van der Waals surface area contributed by atoms with Crippen molar-refractivity contribution >= 4 is 22.5 Å². The van der Waals surface area contributed by atoms with Gasteiger partial charge in [0.2, 0.25) is 5.13 Å². The number of aromatic nitrogens is 4. The van der Waals surface area contributed by atoms with E-state index in [-0.39, 0.29) is 12.1 Å². The number of carbonyl (C=O) groups is 1. The molecule has 2 amide bonds. The second-order valence-corrected chi connectivity index (χ2v) is 6.21. The molecule has 0 aliphatic heterocycles. The van der Waals surface area contributed by atoms with Crippen LogP contribution in [0.15, 0.2) is 48.8 Å². The van der Waals surface area contributed by atoms with E-state index in [2.05, 4.69) is 25.9 Å². The Morgan fingerprint density at radius 1 is 1.25 bits per heavy atom. The van der Waals surface area contributed by atoms with Gasteiger partial charge >= 0.3 is 6.03 Å². The fourth-order valence-corrected chi connectivity index (χ4v) is 2.93. The van der Waals surface area contributed by atoms with Crippen LogP contribution in [-0.4, -0.2) is 26.0 Å². The summed E-state index contributed by atoms with van der Waals surface area (Å²) in [4.78, 5) is 12.3. The Morgan fingerprint density at radius 3 is 2.75 bits per heavy atom. The Labute approximate surface area is 143 Å². The van der Waals surface area contributed by atoms with Crippen LogP contribution in [0.25, 0.3) is 0 Å². The third-order valence-corrected chi connectivity index (χ3v) is 4.41. The SMILES string of the molecule is CCc1nnc(NC(=O)N[C@@H](Cn2cccn2)c2ccccc2)s1. The molecule has 24 heavy (non-hydrogen) atoms. The number of hydrogen-bond acceptors (Lipinski definition) is 5. The van der Waals surface area contributed by atoms with Gasteiger partial charge in [0.25, 0.3) is 0 Å². The van der Waals surface area contributed by atoms with Crippen molar-refractivity contribution in [2.75, 3.05) is 5.32 Å². The molecule has 0 unspecified atom stereocenters. The van der Waals surface area contributed by atoms with Crippen LogP contribution in [0, 0.1) is 0 Å². The summed E-state index contributed by atoms with van der Waals surface area (Å²) in [6, 6.07) is 11.1. The fourth-order valence-electron chi connectivity index (χ4n) is 2.25. The maximum atomic E-state index is 12.3. The molecular formula is C16H18N6OS. The highest BCUT2D eigenvalue weighted by Gasteiger charge is 2.16. The van der Waals surface area contributed by atoms with Gasteiger partial charge in [0.1, 0.15) is 5.01 Å². The van der Waals surface area contributed by atoms with Crippen LogP contribution < -0.4 is 10.6 Å². The van der Waals surface area contributed by atoms with Crippen molar-refractivity contribution in [1.82, 2.24) is 25.3 Å². The number of aryl methyl sites for hydroxylation is 1. The van der Waals surface area contributed by atoms with Gasteiger partial charge in [-0.25, -0.2) is 4.79 Å². The highest BCUT2D eigenvalue weighted by Crippen LogP contribution is 2.17. The second-order valence-electron chi connectivity index (χ2n) is 5.14. The molecule has 2 heterocycles. The van der Waals surface area contributed by atoms with Crippen molar-refractivity contribution in [1.29, 1.82) is 0 Å². The number of rotatable bonds is 6. The molecule has 1 aromatic carbocycles. The predicted octanol–water partition coefficient (Wildman–Crippen LogP) is 2.86. The van der Waals surface area contributed by atoms with Crippen LogP contribution >= 0.6 is 11.3 Å². The molecule has 0 aliphatic carbocycles. The highest BCUT2D eigenvalue weighted by atomic mass is 32.1. The van der Waals surface area contributed by atoms with Crippen LogP contribution in [0.3, 0.4) is 0 Å². The largest absolute Gasteiger partial charge is 0.329 e. The van der Waals surface area contributed by atoms with Gasteiger partial charge < -0.3 is 5.32 Å². The van der Waals surface area contributed by atoms with Crippen LogP contribution in [0.1, 0.15) is 23.5 Å². The van der Waals surface area contributed by atoms with E-state index in [1.807, 2.05) is 49.5 Å². The molecule has 124 valence electrons. The summed E-state index contributed by atoms with van der Waals surface area (Å²) >= 11 is 1.38. The molecule has 8 heteroatoms. The van der Waals surface area contributed by atoms with Crippen molar-refractivity contribution in [2.24, 2.45) is 0 Å². The number of nitrogens with zero attached hydrogens (tertiary/aromatic N) is 4. The summed E-state index contributed by atoms with van der Waals surface area (Å²) in [5, 5.41) is 19.3. The number of nitrogens with one attached hydrogen (secondary N) is 2. The van der Waals surface area contributed by atoms with Crippen LogP contribution in [-0.2, 0) is 13.0 Å². The van der Waals surface area contributed by atoms with Gasteiger partial charge in [-0.3, -0.25) is 10.00 Å². The molecule has 2 aromatic heterocycles. The fraction of sp³-hybridized carbons (Fsp3) is 0.250. The van der Waals surface area contributed by atoms with Gasteiger partial charge in [-0.05, 0) is 18.1 Å². The van der Waals surface area contributed by atoms with E-state index in [1.165, 1.54) is 11.3 Å². The number of hydrogen-bond donors (Lipinski definition) is 2. The maximum Gasteiger partial charge on any atom is 0.321 e. The van der Waals surface area contributed by atoms with E-state index in [0.717, 1.165) is 17.0 Å². The normalized spacial score (nSPS) is 11.9. The topological polar surface area (TPSA) is 84.7 Å². The Kier molecular flexibility index (Phi) is 5.17. The lowest BCUT2D eigenvalue weighted by Gasteiger charge is -2.19. The average Bonchev–Trinajstić information content (AvgIpc) is 3.26. The minimum atomic E-state index is -0.310. The minimum absolute atomic E-state index is 0.204. The third-order valence-electron chi connectivity index (χ3n) is 3.43. The number of urea groups is 1. The van der Waals surface area contributed by atoms with Gasteiger partial charge in [-0.2, -0.15) is 5.10 Å². The molecule has 0 spiro atoms. The van der Waals surface area contributed by atoms with Crippen molar-refractivity contribution < 1.29 is 4.79 Å². The molecule has 2 N–H and O–H groups in total. The molecule has 3 rings (SSSR count). The lowest BCUT2D eigenvalue weighted by atomic mass is 10.1. The van der Waals surface area contributed by atoms with Crippen molar-refractivity contribution in [3.63, 3.8) is 0 Å². The molecule has 0 bridgehead atoms. The molecule has 7 nitrogen and oxygen atoms in total. The summed E-state index contributed by atoms with van der Waals surface area (Å²) < 4.78 is 1.79. The molecule has 1 atom stereocenters. The summed E-state index contributed by atoms with van der Waals surface area (Å²) in [7, 11) is 0. The first-order valence-electron chi connectivity index (χ1n) is 7.67. The highest BCUT2D eigenvalue weighted by molar-refractivity contribution is 7.15. The van der Waals surface area contributed by atoms with E-state index in [0.29, 0.717) is 11.7 Å². The van der Waals surface area contributed by atoms with Gasteiger partial charge in [-0.15, -0.1) is 10.2 Å². The maximum absolute atomic E-state index is 12.3. The zero-order valence-corrected chi connectivity index (χ0v) is 14.0. The van der Waals surface area contributed by atoms with Crippen molar-refractivity contribution in [2.45, 2.75) is 25.9 Å². The smallest absolute Gasteiger partial charge is 0.321 e. The summed E-state index contributed by atoms with van der Waals surface area (Å²) in [6.45, 7) is 2.54. The molecule has 0 aliphatic rings. The number of benzene rings is 1. The zero-order chi connectivity index (χ0) is 16.8. The zero-order valence-electron chi connectivity index (χ0n) is 13.2. The van der Waals surface area contributed by atoms with E-state index in [9.17, 15) is 4.79 Å². The first kappa shape index (κ1) is 16.1. The summed E-state index contributed by atoms with van der Waals surface area (Å²) in [5.74, 6) is 0. The first-order chi connectivity index (χ1) is 11.7. The van der Waals surface area contributed by atoms with Crippen LogP contribution in [0.5, 0.6) is 0 Å². The van der Waals surface area contributed by atoms with Crippen molar-refractivity contribution in [3.05, 3.63) is 59.4 Å². The summed E-state index contributed by atoms with van der Waals surface area (Å²) in [5.41, 5.74) is 1.01. The Balaban J connectivity index is 1.69. The van der Waals surface area contributed by atoms with E-state index in [1.54, 1.807) is 10.9 Å². The van der Waals surface area contributed by atoms with Gasteiger partial charge in [-0.1, -0.05) is 48.6 Å². The number of carbonyl (C=O) groups excluding carboxylic acids is 1. The summed E-state index contributed by atoms with van der Waals surface area (Å²) in [6.07, 6.45) is 4.39. The Bertz CT molecular complexity index is 771. The lowest BCUT2D eigenvalue weighted by molar-refractivity contribution is 0.246. The number of anilines is 1. The van der Waals surface area contributed by atoms with Crippen LogP contribution in [0.2, 0.25) is 0 Å². The third kappa shape index (κ3) is 4.17. The number of amides is 2. The van der Waals surface area contributed by atoms with E-state index >= 15 is 0 Å². The molecule has 0 radical (unpaired) electrons. The molecular weight excluding hydrogens is 324 g/mol. The first-order valence-corrected chi connectivity index (χ1v) is 8.48.